The Hall–Kier alpha value is -0.540. The van der Waals surface area contributed by atoms with Crippen molar-refractivity contribution < 1.29 is 4.39 Å². The van der Waals surface area contributed by atoms with Crippen LogP contribution in [-0.2, 0) is 5.75 Å². The van der Waals surface area contributed by atoms with Crippen LogP contribution in [0.3, 0.4) is 0 Å². The van der Waals surface area contributed by atoms with E-state index >= 15 is 0 Å². The average Bonchev–Trinajstić information content (AvgIpc) is 2.06. The van der Waals surface area contributed by atoms with Crippen LogP contribution in [0.4, 0.5) is 4.39 Å². The van der Waals surface area contributed by atoms with Crippen LogP contribution < -0.4 is 5.73 Å². The zero-order valence-electron chi connectivity index (χ0n) is 8.59. The van der Waals surface area contributed by atoms with E-state index in [4.69, 9.17) is 5.73 Å². The molecule has 0 fully saturated rings. The van der Waals surface area contributed by atoms with Crippen LogP contribution in [0, 0.1) is 5.82 Å². The standard InChI is InChI=1S/C11H16FNS/c1-11(2,13)8-14-7-9-5-3-4-6-10(9)12/h3-6H,7-8,13H2,1-2H3. The highest BCUT2D eigenvalue weighted by molar-refractivity contribution is 7.98. The monoisotopic (exact) mass is 213 g/mol. The first-order valence-corrected chi connectivity index (χ1v) is 5.74. The number of hydrogen-bond acceptors (Lipinski definition) is 2. The molecule has 0 spiro atoms. The van der Waals surface area contributed by atoms with Crippen molar-refractivity contribution in [3.05, 3.63) is 35.6 Å². The molecule has 1 nitrogen and oxygen atoms in total. The second kappa shape index (κ2) is 4.80. The Morgan fingerprint density at radius 1 is 1.36 bits per heavy atom. The van der Waals surface area contributed by atoms with Crippen LogP contribution in [0.1, 0.15) is 19.4 Å². The Kier molecular flexibility index (Phi) is 3.96. The Bertz CT molecular complexity index is 294. The summed E-state index contributed by atoms with van der Waals surface area (Å²) in [7, 11) is 0. The molecule has 0 unspecified atom stereocenters. The van der Waals surface area contributed by atoms with Crippen LogP contribution in [-0.4, -0.2) is 11.3 Å². The van der Waals surface area contributed by atoms with E-state index in [9.17, 15) is 4.39 Å². The molecular weight excluding hydrogens is 197 g/mol. The first-order chi connectivity index (χ1) is 6.49. The van der Waals surface area contributed by atoms with E-state index in [1.807, 2.05) is 26.0 Å². The van der Waals surface area contributed by atoms with Crippen molar-refractivity contribution in [3.8, 4) is 0 Å². The van der Waals surface area contributed by atoms with Gasteiger partial charge in [-0.15, -0.1) is 0 Å². The number of benzene rings is 1. The SMILES string of the molecule is CC(C)(N)CSCc1ccccc1F. The quantitative estimate of drug-likeness (QED) is 0.832. The molecule has 0 saturated heterocycles. The summed E-state index contributed by atoms with van der Waals surface area (Å²) < 4.78 is 13.2. The summed E-state index contributed by atoms with van der Waals surface area (Å²) in [6.45, 7) is 3.95. The van der Waals surface area contributed by atoms with E-state index in [-0.39, 0.29) is 11.4 Å². The Morgan fingerprint density at radius 2 is 2.00 bits per heavy atom. The minimum absolute atomic E-state index is 0.130. The summed E-state index contributed by atoms with van der Waals surface area (Å²) in [5.41, 5.74) is 6.39. The lowest BCUT2D eigenvalue weighted by molar-refractivity contribution is 0.590. The molecule has 2 N–H and O–H groups in total. The molecular formula is C11H16FNS. The van der Waals surface area contributed by atoms with Gasteiger partial charge in [-0.3, -0.25) is 0 Å². The third-order valence-electron chi connectivity index (χ3n) is 1.69. The minimum Gasteiger partial charge on any atom is -0.325 e. The maximum atomic E-state index is 13.2. The fourth-order valence-electron chi connectivity index (χ4n) is 1.04. The number of thioether (sulfide) groups is 1. The molecule has 1 aromatic rings. The largest absolute Gasteiger partial charge is 0.325 e. The average molecular weight is 213 g/mol. The van der Waals surface area contributed by atoms with Gasteiger partial charge < -0.3 is 5.73 Å². The van der Waals surface area contributed by atoms with Gasteiger partial charge in [0.25, 0.3) is 0 Å². The van der Waals surface area contributed by atoms with Crippen molar-refractivity contribution >= 4 is 11.8 Å². The summed E-state index contributed by atoms with van der Waals surface area (Å²) in [4.78, 5) is 0. The summed E-state index contributed by atoms with van der Waals surface area (Å²) in [6, 6.07) is 6.86. The molecule has 0 bridgehead atoms. The van der Waals surface area contributed by atoms with Crippen molar-refractivity contribution in [1.82, 2.24) is 0 Å². The van der Waals surface area contributed by atoms with Crippen LogP contribution in [0.15, 0.2) is 24.3 Å². The Morgan fingerprint density at radius 3 is 2.57 bits per heavy atom. The van der Waals surface area contributed by atoms with Crippen molar-refractivity contribution in [2.75, 3.05) is 5.75 Å². The van der Waals surface area contributed by atoms with Crippen molar-refractivity contribution in [3.63, 3.8) is 0 Å². The van der Waals surface area contributed by atoms with E-state index < -0.39 is 0 Å². The summed E-state index contributed by atoms with van der Waals surface area (Å²) in [5.74, 6) is 1.39. The number of hydrogen-bond donors (Lipinski definition) is 1. The predicted octanol–water partition coefficient (Wildman–Crippen LogP) is 2.80. The molecule has 1 rings (SSSR count). The molecule has 1 aromatic carbocycles. The van der Waals surface area contributed by atoms with Crippen molar-refractivity contribution in [2.24, 2.45) is 5.73 Å². The molecule has 3 heteroatoms. The van der Waals surface area contributed by atoms with E-state index in [2.05, 4.69) is 0 Å². The lowest BCUT2D eigenvalue weighted by Crippen LogP contribution is -2.34. The first-order valence-electron chi connectivity index (χ1n) is 4.59. The normalized spacial score (nSPS) is 11.7. The molecule has 0 aliphatic rings. The highest BCUT2D eigenvalue weighted by Crippen LogP contribution is 2.18. The second-order valence-corrected chi connectivity index (χ2v) is 5.06. The van der Waals surface area contributed by atoms with E-state index in [0.29, 0.717) is 5.75 Å². The molecule has 0 aliphatic carbocycles. The van der Waals surface area contributed by atoms with Gasteiger partial charge >= 0.3 is 0 Å². The van der Waals surface area contributed by atoms with Gasteiger partial charge in [-0.25, -0.2) is 4.39 Å². The van der Waals surface area contributed by atoms with Crippen molar-refractivity contribution in [2.45, 2.75) is 25.1 Å². The minimum atomic E-state index is -0.185. The van der Waals surface area contributed by atoms with Gasteiger partial charge in [0.05, 0.1) is 0 Å². The van der Waals surface area contributed by atoms with Crippen LogP contribution in [0.25, 0.3) is 0 Å². The molecule has 0 radical (unpaired) electrons. The summed E-state index contributed by atoms with van der Waals surface area (Å²) in [6.07, 6.45) is 0. The van der Waals surface area contributed by atoms with Gasteiger partial charge in [0, 0.05) is 17.0 Å². The van der Waals surface area contributed by atoms with E-state index in [1.165, 1.54) is 6.07 Å². The Balaban J connectivity index is 2.43. The lowest BCUT2D eigenvalue weighted by Gasteiger charge is -2.17. The maximum absolute atomic E-state index is 13.2. The van der Waals surface area contributed by atoms with Gasteiger partial charge in [-0.1, -0.05) is 18.2 Å². The van der Waals surface area contributed by atoms with Crippen LogP contribution >= 0.6 is 11.8 Å². The van der Waals surface area contributed by atoms with Gasteiger partial charge in [0.15, 0.2) is 0 Å². The number of halogens is 1. The highest BCUT2D eigenvalue weighted by Gasteiger charge is 2.10. The highest BCUT2D eigenvalue weighted by atomic mass is 32.2. The maximum Gasteiger partial charge on any atom is 0.127 e. The molecule has 0 amide bonds. The fraction of sp³-hybridized carbons (Fsp3) is 0.455. The number of rotatable bonds is 4. The first kappa shape index (κ1) is 11.5. The van der Waals surface area contributed by atoms with E-state index in [0.717, 1.165) is 11.3 Å². The third-order valence-corrected chi connectivity index (χ3v) is 3.15. The smallest absolute Gasteiger partial charge is 0.127 e. The molecule has 0 aromatic heterocycles. The molecule has 14 heavy (non-hydrogen) atoms. The third kappa shape index (κ3) is 4.11. The zero-order valence-corrected chi connectivity index (χ0v) is 9.40. The molecule has 0 aliphatic heterocycles. The number of nitrogens with two attached hydrogens (primary N) is 1. The summed E-state index contributed by atoms with van der Waals surface area (Å²) in [5, 5.41) is 0. The van der Waals surface area contributed by atoms with Crippen LogP contribution in [0.2, 0.25) is 0 Å². The fourth-order valence-corrected chi connectivity index (χ4v) is 2.12. The molecule has 78 valence electrons. The molecule has 0 atom stereocenters. The zero-order chi connectivity index (χ0) is 10.6. The Labute approximate surface area is 88.9 Å². The lowest BCUT2D eigenvalue weighted by atomic mass is 10.1. The van der Waals surface area contributed by atoms with Crippen molar-refractivity contribution in [1.29, 1.82) is 0 Å². The van der Waals surface area contributed by atoms with Gasteiger partial charge in [0.2, 0.25) is 0 Å². The van der Waals surface area contributed by atoms with Gasteiger partial charge in [0.1, 0.15) is 5.82 Å². The topological polar surface area (TPSA) is 26.0 Å². The summed E-state index contributed by atoms with van der Waals surface area (Å²) >= 11 is 1.66. The molecule has 0 heterocycles. The van der Waals surface area contributed by atoms with E-state index in [1.54, 1.807) is 17.8 Å². The van der Waals surface area contributed by atoms with Gasteiger partial charge in [-0.2, -0.15) is 11.8 Å². The predicted molar refractivity (Wildman–Crippen MR) is 60.8 cm³/mol. The molecule has 0 saturated carbocycles. The van der Waals surface area contributed by atoms with Crippen LogP contribution in [0.5, 0.6) is 0 Å². The van der Waals surface area contributed by atoms with Gasteiger partial charge in [-0.05, 0) is 25.5 Å². The second-order valence-electron chi connectivity index (χ2n) is 4.07.